The van der Waals surface area contributed by atoms with E-state index in [1.54, 1.807) is 24.0 Å². The van der Waals surface area contributed by atoms with Gasteiger partial charge in [0.25, 0.3) is 0 Å². The minimum atomic E-state index is 0.723. The van der Waals surface area contributed by atoms with Crippen LogP contribution in [0.5, 0.6) is 0 Å². The lowest BCUT2D eigenvalue weighted by atomic mass is 10.4. The molecular weight excluding hydrogens is 192 g/mol. The number of pyridine rings is 1. The fourth-order valence-electron chi connectivity index (χ4n) is 1.12. The number of nitrogens with one attached hydrogen (secondary N) is 1. The Morgan fingerprint density at radius 1 is 1.58 bits per heavy atom. The summed E-state index contributed by atoms with van der Waals surface area (Å²) in [5.74, 6) is 0. The second-order valence-electron chi connectivity index (χ2n) is 2.37. The molecule has 12 heavy (non-hydrogen) atoms. The van der Waals surface area contributed by atoms with Crippen molar-refractivity contribution in [3.05, 3.63) is 23.5 Å². The number of thioether (sulfide) groups is 1. The van der Waals surface area contributed by atoms with Crippen molar-refractivity contribution in [3.8, 4) is 0 Å². The summed E-state index contributed by atoms with van der Waals surface area (Å²) >= 11 is 7.61. The number of nitrogens with zero attached hydrogens (tertiary/aromatic N) is 1. The number of H-pyrrole nitrogens is 1. The molecule has 0 radical (unpaired) electrons. The predicted molar refractivity (Wildman–Crippen MR) is 52.9 cm³/mol. The Kier molecular flexibility index (Phi) is 1.98. The van der Waals surface area contributed by atoms with Crippen molar-refractivity contribution in [3.63, 3.8) is 0 Å². The molecule has 2 rings (SSSR count). The topological polar surface area (TPSA) is 28.7 Å². The molecule has 0 atom stereocenters. The molecule has 1 N–H and O–H groups in total. The lowest BCUT2D eigenvalue weighted by Crippen LogP contribution is -1.75. The summed E-state index contributed by atoms with van der Waals surface area (Å²) in [6.45, 7) is 0. The minimum Gasteiger partial charge on any atom is -0.358 e. The van der Waals surface area contributed by atoms with Crippen molar-refractivity contribution < 1.29 is 0 Å². The van der Waals surface area contributed by atoms with E-state index in [0.29, 0.717) is 0 Å². The molecule has 0 saturated heterocycles. The molecule has 2 nitrogen and oxygen atoms in total. The molecule has 0 aliphatic carbocycles. The average Bonchev–Trinajstić information content (AvgIpc) is 2.49. The van der Waals surface area contributed by atoms with E-state index < -0.39 is 0 Å². The second kappa shape index (κ2) is 2.99. The van der Waals surface area contributed by atoms with Crippen LogP contribution in [-0.4, -0.2) is 16.2 Å². The SMILES string of the molecule is CSc1c[nH]c2c(Cl)ccnc12. The summed E-state index contributed by atoms with van der Waals surface area (Å²) in [5.41, 5.74) is 1.87. The van der Waals surface area contributed by atoms with Gasteiger partial charge in [0.1, 0.15) is 5.52 Å². The summed E-state index contributed by atoms with van der Waals surface area (Å²) in [4.78, 5) is 8.46. The van der Waals surface area contributed by atoms with Crippen LogP contribution >= 0.6 is 23.4 Å². The maximum absolute atomic E-state index is 5.95. The summed E-state index contributed by atoms with van der Waals surface area (Å²) in [7, 11) is 0. The maximum Gasteiger partial charge on any atom is 0.103 e. The summed E-state index contributed by atoms with van der Waals surface area (Å²) in [6.07, 6.45) is 5.66. The number of halogens is 1. The molecule has 2 heterocycles. The van der Waals surface area contributed by atoms with Crippen LogP contribution in [0.15, 0.2) is 23.4 Å². The van der Waals surface area contributed by atoms with Gasteiger partial charge in [0.15, 0.2) is 0 Å². The Balaban J connectivity index is 2.80. The number of rotatable bonds is 1. The normalized spacial score (nSPS) is 10.8. The first-order valence-corrected chi connectivity index (χ1v) is 5.09. The molecule has 0 aliphatic heterocycles. The van der Waals surface area contributed by atoms with Gasteiger partial charge < -0.3 is 4.98 Å². The molecule has 0 bridgehead atoms. The highest BCUT2D eigenvalue weighted by Crippen LogP contribution is 2.27. The van der Waals surface area contributed by atoms with Gasteiger partial charge in [0.05, 0.1) is 15.4 Å². The van der Waals surface area contributed by atoms with Crippen molar-refractivity contribution in [2.75, 3.05) is 6.26 Å². The van der Waals surface area contributed by atoms with Crippen molar-refractivity contribution >= 4 is 34.4 Å². The number of aromatic nitrogens is 2. The van der Waals surface area contributed by atoms with E-state index in [1.807, 2.05) is 12.5 Å². The molecule has 4 heteroatoms. The Labute approximate surface area is 79.3 Å². The van der Waals surface area contributed by atoms with Crippen LogP contribution in [0.3, 0.4) is 0 Å². The molecule has 0 aromatic carbocycles. The molecule has 62 valence electrons. The quantitative estimate of drug-likeness (QED) is 0.714. The van der Waals surface area contributed by atoms with Gasteiger partial charge >= 0.3 is 0 Å². The van der Waals surface area contributed by atoms with E-state index in [-0.39, 0.29) is 0 Å². The van der Waals surface area contributed by atoms with Gasteiger partial charge in [-0.3, -0.25) is 4.98 Å². The van der Waals surface area contributed by atoms with Crippen LogP contribution in [0.1, 0.15) is 0 Å². The van der Waals surface area contributed by atoms with E-state index >= 15 is 0 Å². The van der Waals surface area contributed by atoms with Crippen LogP contribution < -0.4 is 0 Å². The van der Waals surface area contributed by atoms with Gasteiger partial charge in [-0.15, -0.1) is 11.8 Å². The van der Waals surface area contributed by atoms with Crippen molar-refractivity contribution in [1.29, 1.82) is 0 Å². The van der Waals surface area contributed by atoms with Crippen LogP contribution in [0.4, 0.5) is 0 Å². The van der Waals surface area contributed by atoms with E-state index in [0.717, 1.165) is 21.0 Å². The van der Waals surface area contributed by atoms with Gasteiger partial charge in [0.2, 0.25) is 0 Å². The highest BCUT2D eigenvalue weighted by Gasteiger charge is 2.05. The second-order valence-corrected chi connectivity index (χ2v) is 3.63. The predicted octanol–water partition coefficient (Wildman–Crippen LogP) is 2.94. The number of fused-ring (bicyclic) bond motifs is 1. The first kappa shape index (κ1) is 7.95. The summed E-state index contributed by atoms with van der Waals surface area (Å²) in [6, 6.07) is 1.78. The van der Waals surface area contributed by atoms with E-state index in [2.05, 4.69) is 9.97 Å². The molecule has 2 aromatic rings. The van der Waals surface area contributed by atoms with Crippen molar-refractivity contribution in [2.24, 2.45) is 0 Å². The van der Waals surface area contributed by atoms with E-state index in [4.69, 9.17) is 11.6 Å². The first-order valence-electron chi connectivity index (χ1n) is 3.48. The Morgan fingerprint density at radius 3 is 3.17 bits per heavy atom. The Bertz CT molecular complexity index is 410. The van der Waals surface area contributed by atoms with Crippen molar-refractivity contribution in [1.82, 2.24) is 9.97 Å². The molecule has 0 amide bonds. The largest absolute Gasteiger partial charge is 0.358 e. The molecular formula is C8H7ClN2S. The Hall–Kier alpha value is -0.670. The standard InChI is InChI=1S/C8H7ClN2S/c1-12-6-4-11-7-5(9)2-3-10-8(6)7/h2-4,11H,1H3. The molecule has 0 spiro atoms. The third-order valence-electron chi connectivity index (χ3n) is 1.70. The zero-order valence-electron chi connectivity index (χ0n) is 6.47. The number of hydrogen-bond acceptors (Lipinski definition) is 2. The molecule has 0 saturated carbocycles. The lowest BCUT2D eigenvalue weighted by molar-refractivity contribution is 1.38. The summed E-state index contributed by atoms with van der Waals surface area (Å²) < 4.78 is 0. The van der Waals surface area contributed by atoms with Gasteiger partial charge in [-0.25, -0.2) is 0 Å². The van der Waals surface area contributed by atoms with Crippen LogP contribution in [0.2, 0.25) is 5.02 Å². The third-order valence-corrected chi connectivity index (χ3v) is 2.77. The zero-order chi connectivity index (χ0) is 8.55. The fourth-order valence-corrected chi connectivity index (χ4v) is 1.85. The van der Waals surface area contributed by atoms with Crippen LogP contribution in [0.25, 0.3) is 11.0 Å². The van der Waals surface area contributed by atoms with Crippen LogP contribution in [0, 0.1) is 0 Å². The van der Waals surface area contributed by atoms with Crippen molar-refractivity contribution in [2.45, 2.75) is 4.90 Å². The van der Waals surface area contributed by atoms with Crippen LogP contribution in [-0.2, 0) is 0 Å². The molecule has 0 fully saturated rings. The highest BCUT2D eigenvalue weighted by atomic mass is 35.5. The van der Waals surface area contributed by atoms with E-state index in [1.165, 1.54) is 0 Å². The number of hydrogen-bond donors (Lipinski definition) is 1. The highest BCUT2D eigenvalue weighted by molar-refractivity contribution is 7.98. The fraction of sp³-hybridized carbons (Fsp3) is 0.125. The van der Waals surface area contributed by atoms with E-state index in [9.17, 15) is 0 Å². The smallest absolute Gasteiger partial charge is 0.103 e. The maximum atomic E-state index is 5.95. The van der Waals surface area contributed by atoms with Gasteiger partial charge in [-0.2, -0.15) is 0 Å². The van der Waals surface area contributed by atoms with Gasteiger partial charge in [-0.05, 0) is 12.3 Å². The Morgan fingerprint density at radius 2 is 2.42 bits per heavy atom. The minimum absolute atomic E-state index is 0.723. The lowest BCUT2D eigenvalue weighted by Gasteiger charge is -1.92. The molecule has 0 unspecified atom stereocenters. The van der Waals surface area contributed by atoms with Gasteiger partial charge in [-0.1, -0.05) is 11.6 Å². The first-order chi connectivity index (χ1) is 5.83. The summed E-state index contributed by atoms with van der Waals surface area (Å²) in [5, 5.41) is 0.723. The number of aromatic amines is 1. The average molecular weight is 199 g/mol. The monoisotopic (exact) mass is 198 g/mol. The molecule has 0 aliphatic rings. The molecule has 2 aromatic heterocycles. The van der Waals surface area contributed by atoms with Gasteiger partial charge in [0, 0.05) is 12.4 Å². The third kappa shape index (κ3) is 1.09. The zero-order valence-corrected chi connectivity index (χ0v) is 8.04.